The quantitative estimate of drug-likeness (QED) is 0.916. The SMILES string of the molecule is CCN1CCN(c2ccnc(C(=O)Nc3c(C)cc(C)cc3C)c2)CC1. The highest BCUT2D eigenvalue weighted by atomic mass is 16.1. The summed E-state index contributed by atoms with van der Waals surface area (Å²) in [6, 6.07) is 8.05. The molecule has 0 aliphatic carbocycles. The van der Waals surface area contributed by atoms with Crippen molar-refractivity contribution in [3.8, 4) is 0 Å². The summed E-state index contributed by atoms with van der Waals surface area (Å²) < 4.78 is 0. The molecule has 26 heavy (non-hydrogen) atoms. The summed E-state index contributed by atoms with van der Waals surface area (Å²) in [6.45, 7) is 13.5. The highest BCUT2D eigenvalue weighted by Gasteiger charge is 2.18. The molecular formula is C21H28N4O. The fourth-order valence-electron chi connectivity index (χ4n) is 3.62. The highest BCUT2D eigenvalue weighted by Crippen LogP contribution is 2.23. The van der Waals surface area contributed by atoms with Gasteiger partial charge in [0, 0.05) is 43.8 Å². The maximum Gasteiger partial charge on any atom is 0.274 e. The van der Waals surface area contributed by atoms with E-state index >= 15 is 0 Å². The Morgan fingerprint density at radius 2 is 1.73 bits per heavy atom. The number of piperazine rings is 1. The Morgan fingerprint density at radius 3 is 2.35 bits per heavy atom. The number of aryl methyl sites for hydroxylation is 3. The molecule has 2 heterocycles. The van der Waals surface area contributed by atoms with E-state index in [9.17, 15) is 4.79 Å². The second kappa shape index (κ2) is 7.87. The topological polar surface area (TPSA) is 48.5 Å². The molecule has 5 nitrogen and oxygen atoms in total. The van der Waals surface area contributed by atoms with Crippen molar-refractivity contribution in [2.75, 3.05) is 42.9 Å². The first-order valence-electron chi connectivity index (χ1n) is 9.30. The third-order valence-electron chi connectivity index (χ3n) is 5.08. The van der Waals surface area contributed by atoms with Crippen molar-refractivity contribution >= 4 is 17.3 Å². The number of nitrogens with one attached hydrogen (secondary N) is 1. The molecule has 3 rings (SSSR count). The Balaban J connectivity index is 1.75. The Bertz CT molecular complexity index is 771. The van der Waals surface area contributed by atoms with Crippen molar-refractivity contribution in [1.29, 1.82) is 0 Å². The fraction of sp³-hybridized carbons (Fsp3) is 0.429. The van der Waals surface area contributed by atoms with Gasteiger partial charge in [-0.1, -0.05) is 24.6 Å². The smallest absolute Gasteiger partial charge is 0.274 e. The first kappa shape index (κ1) is 18.4. The van der Waals surface area contributed by atoms with Crippen LogP contribution in [-0.4, -0.2) is 48.5 Å². The van der Waals surface area contributed by atoms with Crippen LogP contribution < -0.4 is 10.2 Å². The Hall–Kier alpha value is -2.40. The van der Waals surface area contributed by atoms with Crippen LogP contribution in [0, 0.1) is 20.8 Å². The summed E-state index contributed by atoms with van der Waals surface area (Å²) in [5.74, 6) is -0.158. The average molecular weight is 352 g/mol. The van der Waals surface area contributed by atoms with E-state index in [0.717, 1.165) is 55.2 Å². The van der Waals surface area contributed by atoms with E-state index in [0.29, 0.717) is 5.69 Å². The van der Waals surface area contributed by atoms with E-state index in [1.165, 1.54) is 5.56 Å². The summed E-state index contributed by atoms with van der Waals surface area (Å²) >= 11 is 0. The molecule has 5 heteroatoms. The number of aromatic nitrogens is 1. The van der Waals surface area contributed by atoms with Crippen molar-refractivity contribution in [2.45, 2.75) is 27.7 Å². The molecule has 2 aromatic rings. The summed E-state index contributed by atoms with van der Waals surface area (Å²) in [7, 11) is 0. The lowest BCUT2D eigenvalue weighted by molar-refractivity contribution is 0.102. The predicted molar refractivity (Wildman–Crippen MR) is 107 cm³/mol. The van der Waals surface area contributed by atoms with Gasteiger partial charge in [0.25, 0.3) is 5.91 Å². The minimum Gasteiger partial charge on any atom is -0.369 e. The first-order valence-corrected chi connectivity index (χ1v) is 9.30. The molecular weight excluding hydrogens is 324 g/mol. The van der Waals surface area contributed by atoms with Crippen LogP contribution in [0.1, 0.15) is 34.1 Å². The number of amides is 1. The van der Waals surface area contributed by atoms with Crippen LogP contribution >= 0.6 is 0 Å². The molecule has 1 aromatic heterocycles. The van der Waals surface area contributed by atoms with E-state index in [1.807, 2.05) is 26.0 Å². The number of likely N-dealkylation sites (N-methyl/N-ethyl adjacent to an activating group) is 1. The maximum atomic E-state index is 12.7. The molecule has 1 aliphatic heterocycles. The third-order valence-corrected chi connectivity index (χ3v) is 5.08. The van der Waals surface area contributed by atoms with Gasteiger partial charge in [-0.2, -0.15) is 0 Å². The van der Waals surface area contributed by atoms with Gasteiger partial charge in [-0.3, -0.25) is 9.78 Å². The standard InChI is InChI=1S/C21H28N4O/c1-5-24-8-10-25(11-9-24)18-6-7-22-19(14-18)21(26)23-20-16(3)12-15(2)13-17(20)4/h6-7,12-14H,5,8-11H2,1-4H3,(H,23,26). The van der Waals surface area contributed by atoms with Gasteiger partial charge in [0.15, 0.2) is 0 Å². The summed E-state index contributed by atoms with van der Waals surface area (Å²) in [5, 5.41) is 3.04. The zero-order valence-corrected chi connectivity index (χ0v) is 16.2. The second-order valence-corrected chi connectivity index (χ2v) is 7.05. The lowest BCUT2D eigenvalue weighted by atomic mass is 10.0. The zero-order chi connectivity index (χ0) is 18.7. The summed E-state index contributed by atoms with van der Waals surface area (Å²) in [5.41, 5.74) is 5.75. The van der Waals surface area contributed by atoms with E-state index in [1.54, 1.807) is 6.20 Å². The Labute approximate surface area is 156 Å². The molecule has 0 spiro atoms. The van der Waals surface area contributed by atoms with Crippen LogP contribution in [0.4, 0.5) is 11.4 Å². The molecule has 138 valence electrons. The van der Waals surface area contributed by atoms with Gasteiger partial charge >= 0.3 is 0 Å². The van der Waals surface area contributed by atoms with Gasteiger partial charge in [0.1, 0.15) is 5.69 Å². The predicted octanol–water partition coefficient (Wildman–Crippen LogP) is 3.40. The number of pyridine rings is 1. The molecule has 1 fully saturated rings. The highest BCUT2D eigenvalue weighted by molar-refractivity contribution is 6.04. The largest absolute Gasteiger partial charge is 0.369 e. The van der Waals surface area contributed by atoms with Crippen molar-refractivity contribution in [3.63, 3.8) is 0 Å². The molecule has 1 aliphatic rings. The van der Waals surface area contributed by atoms with Crippen LogP contribution in [0.15, 0.2) is 30.5 Å². The molecule has 0 atom stereocenters. The number of anilines is 2. The van der Waals surface area contributed by atoms with E-state index in [-0.39, 0.29) is 5.91 Å². The third kappa shape index (κ3) is 4.05. The molecule has 1 aromatic carbocycles. The number of benzene rings is 1. The van der Waals surface area contributed by atoms with Crippen LogP contribution in [0.2, 0.25) is 0 Å². The van der Waals surface area contributed by atoms with E-state index < -0.39 is 0 Å². The van der Waals surface area contributed by atoms with Gasteiger partial charge in [-0.05, 0) is 50.6 Å². The molecule has 0 radical (unpaired) electrons. The lowest BCUT2D eigenvalue weighted by Gasteiger charge is -2.35. The minimum absolute atomic E-state index is 0.158. The zero-order valence-electron chi connectivity index (χ0n) is 16.2. The van der Waals surface area contributed by atoms with Crippen LogP contribution in [0.5, 0.6) is 0 Å². The van der Waals surface area contributed by atoms with Crippen molar-refractivity contribution in [3.05, 3.63) is 52.8 Å². The van der Waals surface area contributed by atoms with Gasteiger partial charge in [-0.25, -0.2) is 0 Å². The van der Waals surface area contributed by atoms with E-state index in [2.05, 4.69) is 46.1 Å². The lowest BCUT2D eigenvalue weighted by Crippen LogP contribution is -2.46. The van der Waals surface area contributed by atoms with Gasteiger partial charge < -0.3 is 15.1 Å². The number of hydrogen-bond donors (Lipinski definition) is 1. The van der Waals surface area contributed by atoms with Crippen LogP contribution in [0.3, 0.4) is 0 Å². The van der Waals surface area contributed by atoms with Crippen molar-refractivity contribution in [1.82, 2.24) is 9.88 Å². The number of carbonyl (C=O) groups excluding carboxylic acids is 1. The molecule has 0 unspecified atom stereocenters. The van der Waals surface area contributed by atoms with Crippen molar-refractivity contribution < 1.29 is 4.79 Å². The normalized spacial score (nSPS) is 15.2. The number of nitrogens with zero attached hydrogens (tertiary/aromatic N) is 3. The monoisotopic (exact) mass is 352 g/mol. The molecule has 1 saturated heterocycles. The number of carbonyl (C=O) groups is 1. The van der Waals surface area contributed by atoms with Gasteiger partial charge in [-0.15, -0.1) is 0 Å². The van der Waals surface area contributed by atoms with Crippen molar-refractivity contribution in [2.24, 2.45) is 0 Å². The molecule has 1 N–H and O–H groups in total. The minimum atomic E-state index is -0.158. The Morgan fingerprint density at radius 1 is 1.08 bits per heavy atom. The second-order valence-electron chi connectivity index (χ2n) is 7.05. The average Bonchev–Trinajstić information content (AvgIpc) is 2.64. The fourth-order valence-corrected chi connectivity index (χ4v) is 3.62. The van der Waals surface area contributed by atoms with Gasteiger partial charge in [0.05, 0.1) is 0 Å². The number of rotatable bonds is 4. The number of hydrogen-bond acceptors (Lipinski definition) is 4. The Kier molecular flexibility index (Phi) is 5.57. The molecule has 0 bridgehead atoms. The maximum absolute atomic E-state index is 12.7. The molecule has 0 saturated carbocycles. The van der Waals surface area contributed by atoms with E-state index in [4.69, 9.17) is 0 Å². The summed E-state index contributed by atoms with van der Waals surface area (Å²) in [6.07, 6.45) is 1.73. The first-order chi connectivity index (χ1) is 12.5. The molecule has 1 amide bonds. The van der Waals surface area contributed by atoms with Crippen LogP contribution in [0.25, 0.3) is 0 Å². The summed E-state index contributed by atoms with van der Waals surface area (Å²) in [4.78, 5) is 21.8. The van der Waals surface area contributed by atoms with Crippen LogP contribution in [-0.2, 0) is 0 Å². The van der Waals surface area contributed by atoms with Gasteiger partial charge in [0.2, 0.25) is 0 Å².